The highest BCUT2D eigenvalue weighted by Gasteiger charge is 2.11. The maximum Gasteiger partial charge on any atom is 0.315 e. The summed E-state index contributed by atoms with van der Waals surface area (Å²) in [5.74, 6) is 0.805. The zero-order chi connectivity index (χ0) is 20.4. The van der Waals surface area contributed by atoms with Crippen LogP contribution in [-0.4, -0.2) is 43.1 Å². The fraction of sp³-hybridized carbons (Fsp3) is 0.364. The molecule has 0 radical (unpaired) electrons. The summed E-state index contributed by atoms with van der Waals surface area (Å²) in [6, 6.07) is 16.8. The molecule has 2 rings (SSSR count). The van der Waals surface area contributed by atoms with E-state index in [1.54, 1.807) is 24.1 Å². The Morgan fingerprint density at radius 1 is 1.04 bits per heavy atom. The first-order chi connectivity index (χ1) is 13.5. The summed E-state index contributed by atoms with van der Waals surface area (Å²) in [5, 5.41) is 5.56. The number of carbonyl (C=O) groups excluding carboxylic acids is 2. The average Bonchev–Trinajstić information content (AvgIpc) is 2.69. The smallest absolute Gasteiger partial charge is 0.315 e. The number of carbonyl (C=O) groups is 2. The van der Waals surface area contributed by atoms with Gasteiger partial charge in [-0.1, -0.05) is 30.3 Å². The van der Waals surface area contributed by atoms with E-state index < -0.39 is 0 Å². The van der Waals surface area contributed by atoms with Crippen molar-refractivity contribution in [2.24, 2.45) is 0 Å². The van der Waals surface area contributed by atoms with Gasteiger partial charge in [-0.25, -0.2) is 4.79 Å². The Morgan fingerprint density at radius 3 is 2.36 bits per heavy atom. The number of amides is 3. The highest BCUT2D eigenvalue weighted by molar-refractivity contribution is 5.94. The van der Waals surface area contributed by atoms with E-state index in [0.29, 0.717) is 25.3 Å². The van der Waals surface area contributed by atoms with Crippen LogP contribution in [0.2, 0.25) is 0 Å². The predicted molar refractivity (Wildman–Crippen MR) is 110 cm³/mol. The van der Waals surface area contributed by atoms with Crippen LogP contribution < -0.4 is 15.4 Å². The lowest BCUT2D eigenvalue weighted by Gasteiger charge is -2.17. The minimum atomic E-state index is -0.201. The molecule has 0 atom stereocenters. The molecule has 2 N–H and O–H groups in total. The summed E-state index contributed by atoms with van der Waals surface area (Å²) in [5.41, 5.74) is 1.57. The van der Waals surface area contributed by atoms with Gasteiger partial charge in [-0.05, 0) is 50.1 Å². The van der Waals surface area contributed by atoms with Crippen LogP contribution in [0.1, 0.15) is 36.2 Å². The van der Waals surface area contributed by atoms with E-state index in [0.717, 1.165) is 17.7 Å². The number of hydrogen-bond donors (Lipinski definition) is 2. The molecule has 28 heavy (non-hydrogen) atoms. The second kappa shape index (κ2) is 11.0. The third kappa shape index (κ3) is 7.31. The number of rotatable bonds is 9. The molecule has 0 aliphatic rings. The summed E-state index contributed by atoms with van der Waals surface area (Å²) in [4.78, 5) is 25.8. The van der Waals surface area contributed by atoms with Crippen molar-refractivity contribution in [1.82, 2.24) is 15.5 Å². The van der Waals surface area contributed by atoms with E-state index in [1.807, 2.05) is 56.3 Å². The lowest BCUT2D eigenvalue weighted by Crippen LogP contribution is -2.39. The number of ether oxygens (including phenoxy) is 1. The van der Waals surface area contributed by atoms with Gasteiger partial charge >= 0.3 is 6.03 Å². The Bertz CT molecular complexity index is 745. The Labute approximate surface area is 166 Å². The van der Waals surface area contributed by atoms with Gasteiger partial charge < -0.3 is 20.3 Å². The summed E-state index contributed by atoms with van der Waals surface area (Å²) in [7, 11) is 1.79. The second-order valence-corrected chi connectivity index (χ2v) is 6.92. The van der Waals surface area contributed by atoms with Crippen LogP contribution in [0.4, 0.5) is 4.79 Å². The largest absolute Gasteiger partial charge is 0.494 e. The average molecular weight is 383 g/mol. The van der Waals surface area contributed by atoms with Crippen LogP contribution in [0.5, 0.6) is 5.75 Å². The third-order valence-corrected chi connectivity index (χ3v) is 4.07. The minimum Gasteiger partial charge on any atom is -0.494 e. The van der Waals surface area contributed by atoms with Gasteiger partial charge in [0.15, 0.2) is 0 Å². The SMILES string of the molecule is CC(C)NC(=O)NCc1ccc(C(=O)N(C)CCCOc2ccccc2)cc1. The lowest BCUT2D eigenvalue weighted by atomic mass is 10.1. The Hall–Kier alpha value is -3.02. The van der Waals surface area contributed by atoms with Crippen molar-refractivity contribution >= 4 is 11.9 Å². The first-order valence-corrected chi connectivity index (χ1v) is 9.52. The first kappa shape index (κ1) is 21.3. The van der Waals surface area contributed by atoms with Gasteiger partial charge in [0.2, 0.25) is 0 Å². The molecule has 0 spiro atoms. The quantitative estimate of drug-likeness (QED) is 0.652. The van der Waals surface area contributed by atoms with Crippen LogP contribution >= 0.6 is 0 Å². The number of hydrogen-bond acceptors (Lipinski definition) is 3. The maximum atomic E-state index is 12.5. The highest BCUT2D eigenvalue weighted by atomic mass is 16.5. The molecule has 2 aromatic carbocycles. The topological polar surface area (TPSA) is 70.7 Å². The van der Waals surface area contributed by atoms with Crippen molar-refractivity contribution in [1.29, 1.82) is 0 Å². The van der Waals surface area contributed by atoms with E-state index in [1.165, 1.54) is 0 Å². The molecule has 0 aliphatic heterocycles. The molecular weight excluding hydrogens is 354 g/mol. The summed E-state index contributed by atoms with van der Waals surface area (Å²) < 4.78 is 5.65. The maximum absolute atomic E-state index is 12.5. The van der Waals surface area contributed by atoms with Gasteiger partial charge in [0.1, 0.15) is 5.75 Å². The molecule has 0 aromatic heterocycles. The van der Waals surface area contributed by atoms with E-state index in [9.17, 15) is 9.59 Å². The number of nitrogens with zero attached hydrogens (tertiary/aromatic N) is 1. The summed E-state index contributed by atoms with van der Waals surface area (Å²) in [6.45, 7) is 5.41. The zero-order valence-corrected chi connectivity index (χ0v) is 16.8. The van der Waals surface area contributed by atoms with Crippen molar-refractivity contribution in [2.45, 2.75) is 32.9 Å². The molecule has 6 heteroatoms. The molecule has 3 amide bonds. The van der Waals surface area contributed by atoms with E-state index in [-0.39, 0.29) is 18.0 Å². The van der Waals surface area contributed by atoms with Crippen LogP contribution in [0.3, 0.4) is 0 Å². The Morgan fingerprint density at radius 2 is 1.71 bits per heavy atom. The molecule has 0 bridgehead atoms. The molecule has 0 aliphatic carbocycles. The molecule has 0 heterocycles. The zero-order valence-electron chi connectivity index (χ0n) is 16.8. The van der Waals surface area contributed by atoms with E-state index in [4.69, 9.17) is 4.74 Å². The van der Waals surface area contributed by atoms with Crippen molar-refractivity contribution in [3.63, 3.8) is 0 Å². The van der Waals surface area contributed by atoms with Gasteiger partial charge in [-0.3, -0.25) is 4.79 Å². The molecule has 0 saturated carbocycles. The van der Waals surface area contributed by atoms with Gasteiger partial charge in [0.25, 0.3) is 5.91 Å². The van der Waals surface area contributed by atoms with Gasteiger partial charge in [-0.15, -0.1) is 0 Å². The number of benzene rings is 2. The molecule has 0 fully saturated rings. The van der Waals surface area contributed by atoms with Gasteiger partial charge in [0.05, 0.1) is 6.61 Å². The van der Waals surface area contributed by atoms with Crippen LogP contribution in [0.15, 0.2) is 54.6 Å². The molecule has 0 unspecified atom stereocenters. The van der Waals surface area contributed by atoms with Crippen molar-refractivity contribution in [2.75, 3.05) is 20.2 Å². The van der Waals surface area contributed by atoms with Crippen molar-refractivity contribution in [3.05, 3.63) is 65.7 Å². The molecule has 2 aromatic rings. The van der Waals surface area contributed by atoms with Gasteiger partial charge in [0, 0.05) is 31.7 Å². The standard InChI is InChI=1S/C22H29N3O3/c1-17(2)24-22(27)23-16-18-10-12-19(13-11-18)21(26)25(3)14-7-15-28-20-8-5-4-6-9-20/h4-6,8-13,17H,7,14-16H2,1-3H3,(H2,23,24,27). The molecule has 6 nitrogen and oxygen atoms in total. The summed E-state index contributed by atoms with van der Waals surface area (Å²) >= 11 is 0. The van der Waals surface area contributed by atoms with Crippen LogP contribution in [-0.2, 0) is 6.54 Å². The monoisotopic (exact) mass is 383 g/mol. The Kier molecular flexibility index (Phi) is 8.34. The number of urea groups is 1. The van der Waals surface area contributed by atoms with Crippen LogP contribution in [0, 0.1) is 0 Å². The molecule has 150 valence electrons. The highest BCUT2D eigenvalue weighted by Crippen LogP contribution is 2.10. The fourth-order valence-electron chi connectivity index (χ4n) is 2.59. The first-order valence-electron chi connectivity index (χ1n) is 9.52. The van der Waals surface area contributed by atoms with E-state index >= 15 is 0 Å². The van der Waals surface area contributed by atoms with Crippen LogP contribution in [0.25, 0.3) is 0 Å². The van der Waals surface area contributed by atoms with Gasteiger partial charge in [-0.2, -0.15) is 0 Å². The second-order valence-electron chi connectivity index (χ2n) is 6.92. The lowest BCUT2D eigenvalue weighted by molar-refractivity contribution is 0.0788. The van der Waals surface area contributed by atoms with Crippen molar-refractivity contribution < 1.29 is 14.3 Å². The number of para-hydroxylation sites is 1. The predicted octanol–water partition coefficient (Wildman–Crippen LogP) is 3.44. The summed E-state index contributed by atoms with van der Waals surface area (Å²) in [6.07, 6.45) is 0.754. The normalized spacial score (nSPS) is 10.4. The van der Waals surface area contributed by atoms with E-state index in [2.05, 4.69) is 10.6 Å². The fourth-order valence-corrected chi connectivity index (χ4v) is 2.59. The minimum absolute atomic E-state index is 0.0308. The molecule has 0 saturated heterocycles. The number of nitrogens with one attached hydrogen (secondary N) is 2. The van der Waals surface area contributed by atoms with Crippen molar-refractivity contribution in [3.8, 4) is 5.75 Å². The third-order valence-electron chi connectivity index (χ3n) is 4.07. The Balaban J connectivity index is 1.74. The molecular formula is C22H29N3O3.